The molecule has 0 aliphatic heterocycles. The molecule has 0 aromatic carbocycles. The van der Waals surface area contributed by atoms with Crippen molar-refractivity contribution < 1.29 is 29.0 Å². The lowest BCUT2D eigenvalue weighted by Crippen LogP contribution is -2.20. The maximum atomic E-state index is 11.2. The molecule has 0 radical (unpaired) electrons. The number of esters is 2. The van der Waals surface area contributed by atoms with E-state index in [-0.39, 0.29) is 17.5 Å². The second-order valence-electron chi connectivity index (χ2n) is 10.3. The van der Waals surface area contributed by atoms with Crippen LogP contribution in [0.2, 0.25) is 0 Å². The van der Waals surface area contributed by atoms with E-state index >= 15 is 0 Å². The first kappa shape index (κ1) is 41.1. The number of likely N-dealkylation sites (N-methyl/N-ethyl adjacent to an activating group) is 1. The molecule has 0 rings (SSSR count). The summed E-state index contributed by atoms with van der Waals surface area (Å²) in [5.74, 6) is -1.50. The number of nitrogens with zero attached hydrogens (tertiary/aromatic N) is 1. The summed E-state index contributed by atoms with van der Waals surface area (Å²) in [4.78, 5) is 33.5. The van der Waals surface area contributed by atoms with Crippen molar-refractivity contribution in [3.05, 3.63) is 36.5 Å². The number of hydrogen-bond donors (Lipinski definition) is 1. The molecule has 0 aliphatic carbocycles. The fourth-order valence-corrected chi connectivity index (χ4v) is 3.03. The first-order chi connectivity index (χ1) is 18.4. The molecule has 0 unspecified atom stereocenters. The van der Waals surface area contributed by atoms with Gasteiger partial charge in [-0.3, -0.25) is 0 Å². The maximum Gasteiger partial charge on any atom is 0.333 e. The second-order valence-corrected chi connectivity index (χ2v) is 10.3. The molecule has 0 saturated carbocycles. The van der Waals surface area contributed by atoms with E-state index in [0.717, 1.165) is 13.0 Å². The Hall–Kier alpha value is -2.41. The lowest BCUT2D eigenvalue weighted by Gasteiger charge is -2.09. The van der Waals surface area contributed by atoms with E-state index in [1.54, 1.807) is 13.8 Å². The van der Waals surface area contributed by atoms with Crippen molar-refractivity contribution in [3.63, 3.8) is 0 Å². The van der Waals surface area contributed by atoms with Crippen LogP contribution in [0.4, 0.5) is 0 Å². The Balaban J connectivity index is -0.000000628. The van der Waals surface area contributed by atoms with Gasteiger partial charge >= 0.3 is 17.9 Å². The topological polar surface area (TPSA) is 93.1 Å². The fourth-order valence-electron chi connectivity index (χ4n) is 3.03. The van der Waals surface area contributed by atoms with Gasteiger partial charge in [-0.2, -0.15) is 0 Å². The number of hydrogen-bond acceptors (Lipinski definition) is 6. The zero-order valence-electron chi connectivity index (χ0n) is 26.1. The van der Waals surface area contributed by atoms with E-state index in [1.165, 1.54) is 90.4 Å². The minimum absolute atomic E-state index is 0.176. The molecule has 7 nitrogen and oxygen atoms in total. The lowest BCUT2D eigenvalue weighted by molar-refractivity contribution is -0.140. The van der Waals surface area contributed by atoms with Crippen LogP contribution in [0, 0.1) is 0 Å². The van der Waals surface area contributed by atoms with Crippen LogP contribution < -0.4 is 0 Å². The van der Waals surface area contributed by atoms with Crippen LogP contribution in [0.15, 0.2) is 36.5 Å². The highest BCUT2D eigenvalue weighted by molar-refractivity contribution is 5.87. The minimum Gasteiger partial charge on any atom is -0.478 e. The standard InChI is InChI=1S/C20H38O2.C8H15NO2.C4H6O2/c1-4-5-6-7-8-9-10-11-12-13-14-15-16-17-18-22-20(21)19(2)3;1-7(2)8(10)11-6-5-9(3)4;1-3(2)4(5)6/h2,4-18H2,1,3H3;1,5-6H2,2-4H3;1H2,2H3,(H,5,6). The fraction of sp³-hybridized carbons (Fsp3) is 0.719. The summed E-state index contributed by atoms with van der Waals surface area (Å²) in [7, 11) is 3.85. The number of aliphatic carboxylic acids is 1. The van der Waals surface area contributed by atoms with Crippen molar-refractivity contribution in [2.24, 2.45) is 0 Å². The van der Waals surface area contributed by atoms with Crippen molar-refractivity contribution in [1.29, 1.82) is 0 Å². The van der Waals surface area contributed by atoms with Gasteiger partial charge in [-0.05, 0) is 41.3 Å². The molecule has 0 spiro atoms. The molecule has 0 atom stereocenters. The molecule has 0 fully saturated rings. The van der Waals surface area contributed by atoms with Gasteiger partial charge in [0.15, 0.2) is 0 Å². The molecule has 0 saturated heterocycles. The SMILES string of the molecule is C=C(C)C(=O)O.C=C(C)C(=O)OCCCCCCCCCCCCCCCC.C=C(C)C(=O)OCCN(C)C. The van der Waals surface area contributed by atoms with Gasteiger partial charge in [-0.1, -0.05) is 110 Å². The third-order valence-corrected chi connectivity index (χ3v) is 5.56. The molecule has 7 heteroatoms. The van der Waals surface area contributed by atoms with E-state index in [9.17, 15) is 14.4 Å². The summed E-state index contributed by atoms with van der Waals surface area (Å²) in [6.07, 6.45) is 18.8. The summed E-state index contributed by atoms with van der Waals surface area (Å²) >= 11 is 0. The predicted molar refractivity (Wildman–Crippen MR) is 163 cm³/mol. The van der Waals surface area contributed by atoms with Crippen molar-refractivity contribution in [2.75, 3.05) is 33.9 Å². The maximum absolute atomic E-state index is 11.2. The van der Waals surface area contributed by atoms with Gasteiger partial charge in [0.1, 0.15) is 6.61 Å². The molecule has 0 aliphatic rings. The van der Waals surface area contributed by atoms with E-state index in [2.05, 4.69) is 26.7 Å². The van der Waals surface area contributed by atoms with E-state index in [4.69, 9.17) is 14.6 Å². The molecule has 0 aromatic rings. The zero-order chi connectivity index (χ0) is 30.5. The van der Waals surface area contributed by atoms with Crippen molar-refractivity contribution in [2.45, 2.75) is 118 Å². The Morgan fingerprint density at radius 1 is 0.590 bits per heavy atom. The van der Waals surface area contributed by atoms with Crippen LogP contribution in [0.3, 0.4) is 0 Å². The molecular formula is C32H59NO6. The number of rotatable bonds is 21. The van der Waals surface area contributed by atoms with E-state index in [0.29, 0.717) is 24.4 Å². The van der Waals surface area contributed by atoms with Crippen LogP contribution in [0.5, 0.6) is 0 Å². The first-order valence-corrected chi connectivity index (χ1v) is 14.5. The third-order valence-electron chi connectivity index (χ3n) is 5.56. The Morgan fingerprint density at radius 2 is 0.897 bits per heavy atom. The average molecular weight is 554 g/mol. The van der Waals surface area contributed by atoms with Crippen LogP contribution >= 0.6 is 0 Å². The Bertz CT molecular complexity index is 672. The summed E-state index contributed by atoms with van der Waals surface area (Å²) in [5, 5.41) is 7.89. The molecule has 228 valence electrons. The van der Waals surface area contributed by atoms with Gasteiger partial charge in [0.25, 0.3) is 0 Å². The minimum atomic E-state index is -0.935. The lowest BCUT2D eigenvalue weighted by atomic mass is 10.0. The van der Waals surface area contributed by atoms with Gasteiger partial charge < -0.3 is 19.5 Å². The molecule has 0 heterocycles. The molecular weight excluding hydrogens is 494 g/mol. The summed E-state index contributed by atoms with van der Waals surface area (Å²) in [6.45, 7) is 19.0. The average Bonchev–Trinajstić information content (AvgIpc) is 2.86. The smallest absolute Gasteiger partial charge is 0.333 e. The number of carboxylic acid groups (broad SMARTS) is 1. The number of carboxylic acids is 1. The third kappa shape index (κ3) is 37.8. The van der Waals surface area contributed by atoms with E-state index < -0.39 is 5.97 Å². The van der Waals surface area contributed by atoms with Gasteiger partial charge in [-0.25, -0.2) is 14.4 Å². The zero-order valence-corrected chi connectivity index (χ0v) is 26.1. The Morgan fingerprint density at radius 3 is 1.18 bits per heavy atom. The molecule has 0 bridgehead atoms. The highest BCUT2D eigenvalue weighted by Gasteiger charge is 2.02. The highest BCUT2D eigenvalue weighted by atomic mass is 16.5. The summed E-state index contributed by atoms with van der Waals surface area (Å²) in [6, 6.07) is 0. The highest BCUT2D eigenvalue weighted by Crippen LogP contribution is 2.13. The predicted octanol–water partition coefficient (Wildman–Crippen LogP) is 7.90. The van der Waals surface area contributed by atoms with Crippen molar-refractivity contribution >= 4 is 17.9 Å². The summed E-state index contributed by atoms with van der Waals surface area (Å²) < 4.78 is 9.91. The second kappa shape index (κ2) is 30.1. The van der Waals surface area contributed by atoms with Gasteiger partial charge in [0, 0.05) is 23.3 Å². The van der Waals surface area contributed by atoms with Gasteiger partial charge in [0.2, 0.25) is 0 Å². The van der Waals surface area contributed by atoms with Crippen LogP contribution in [-0.4, -0.2) is 61.8 Å². The van der Waals surface area contributed by atoms with Crippen molar-refractivity contribution in [3.8, 4) is 0 Å². The normalized spacial score (nSPS) is 9.92. The number of carbonyl (C=O) groups is 3. The summed E-state index contributed by atoms with van der Waals surface area (Å²) in [5.41, 5.74) is 1.11. The number of ether oxygens (including phenoxy) is 2. The molecule has 39 heavy (non-hydrogen) atoms. The molecule has 1 N–H and O–H groups in total. The first-order valence-electron chi connectivity index (χ1n) is 14.5. The molecule has 0 aromatic heterocycles. The number of unbranched alkanes of at least 4 members (excludes halogenated alkanes) is 13. The van der Waals surface area contributed by atoms with Crippen LogP contribution in [0.25, 0.3) is 0 Å². The van der Waals surface area contributed by atoms with Crippen LogP contribution in [-0.2, 0) is 23.9 Å². The van der Waals surface area contributed by atoms with E-state index in [1.807, 2.05) is 19.0 Å². The van der Waals surface area contributed by atoms with Crippen molar-refractivity contribution in [1.82, 2.24) is 4.90 Å². The van der Waals surface area contributed by atoms with Gasteiger partial charge in [0.05, 0.1) is 6.61 Å². The molecule has 0 amide bonds. The van der Waals surface area contributed by atoms with Gasteiger partial charge in [-0.15, -0.1) is 0 Å². The largest absolute Gasteiger partial charge is 0.478 e. The monoisotopic (exact) mass is 553 g/mol. The number of carbonyl (C=O) groups excluding carboxylic acids is 2. The van der Waals surface area contributed by atoms with Crippen LogP contribution in [0.1, 0.15) is 118 Å². The quantitative estimate of drug-likeness (QED) is 0.0877. The Labute approximate surface area is 239 Å². The Kier molecular flexibility index (Phi) is 31.7.